The molecule has 30 heavy (non-hydrogen) atoms. The molecule has 0 spiro atoms. The van der Waals surface area contributed by atoms with Gasteiger partial charge in [0.1, 0.15) is 5.69 Å². The molecular formula is C23H19F2N3O2. The van der Waals surface area contributed by atoms with E-state index in [0.29, 0.717) is 15.6 Å². The van der Waals surface area contributed by atoms with Gasteiger partial charge in [0.05, 0.1) is 10.9 Å². The van der Waals surface area contributed by atoms with E-state index in [1.54, 1.807) is 44.4 Å². The summed E-state index contributed by atoms with van der Waals surface area (Å²) in [4.78, 5) is 29.9. The predicted octanol–water partition coefficient (Wildman–Crippen LogP) is 3.82. The third kappa shape index (κ3) is 3.03. The lowest BCUT2D eigenvalue weighted by Crippen LogP contribution is -2.39. The minimum Gasteiger partial charge on any atom is -0.296 e. The summed E-state index contributed by atoms with van der Waals surface area (Å²) in [5, 5.41) is 0.212. The van der Waals surface area contributed by atoms with Crippen molar-refractivity contribution >= 4 is 10.9 Å². The number of hydrogen-bond donors (Lipinski definition) is 0. The second-order valence-electron chi connectivity index (χ2n) is 7.29. The van der Waals surface area contributed by atoms with Crippen molar-refractivity contribution in [1.82, 2.24) is 14.1 Å². The monoisotopic (exact) mass is 407 g/mol. The Hall–Kier alpha value is -3.61. The summed E-state index contributed by atoms with van der Waals surface area (Å²) in [5.74, 6) is -2.28. The molecule has 7 heteroatoms. The first-order valence-electron chi connectivity index (χ1n) is 9.42. The van der Waals surface area contributed by atoms with Crippen LogP contribution in [0.1, 0.15) is 29.5 Å². The highest BCUT2D eigenvalue weighted by molar-refractivity contribution is 5.81. The normalized spacial score (nSPS) is 12.3. The zero-order valence-electron chi connectivity index (χ0n) is 16.7. The standard InChI is InChI=1S/C23H19F2N3O2/c1-13-6-4-8-17-20(13)27(3)23(30)28(22(17)29)21-18(24)10-16(11-19(21)25)14(2)15-7-5-9-26-12-15/h4-12,14H,1-3H3. The number of pyridine rings is 1. The van der Waals surface area contributed by atoms with Gasteiger partial charge in [-0.25, -0.2) is 18.1 Å². The number of benzene rings is 2. The Labute approximate surface area is 170 Å². The summed E-state index contributed by atoms with van der Waals surface area (Å²) in [6.45, 7) is 3.57. The highest BCUT2D eigenvalue weighted by Gasteiger charge is 2.22. The van der Waals surface area contributed by atoms with Gasteiger partial charge in [0.15, 0.2) is 11.6 Å². The van der Waals surface area contributed by atoms with Crippen LogP contribution in [0.2, 0.25) is 0 Å². The van der Waals surface area contributed by atoms with E-state index in [0.717, 1.165) is 23.3 Å². The summed E-state index contributed by atoms with van der Waals surface area (Å²) in [5.41, 5.74) is 0.0762. The van der Waals surface area contributed by atoms with Crippen molar-refractivity contribution in [3.63, 3.8) is 0 Å². The number of para-hydroxylation sites is 1. The molecule has 5 nitrogen and oxygen atoms in total. The maximum absolute atomic E-state index is 15.1. The van der Waals surface area contributed by atoms with Gasteiger partial charge in [-0.05, 0) is 47.9 Å². The zero-order valence-corrected chi connectivity index (χ0v) is 16.7. The molecule has 0 bridgehead atoms. The van der Waals surface area contributed by atoms with E-state index < -0.39 is 28.6 Å². The number of aromatic nitrogens is 3. The van der Waals surface area contributed by atoms with Crippen molar-refractivity contribution in [2.75, 3.05) is 0 Å². The fourth-order valence-electron chi connectivity index (χ4n) is 3.80. The quantitative estimate of drug-likeness (QED) is 0.519. The van der Waals surface area contributed by atoms with E-state index in [-0.39, 0.29) is 11.3 Å². The molecule has 0 aliphatic carbocycles. The van der Waals surface area contributed by atoms with E-state index in [1.807, 2.05) is 6.07 Å². The molecule has 0 saturated carbocycles. The molecule has 0 saturated heterocycles. The molecule has 0 fully saturated rings. The Morgan fingerprint density at radius 1 is 1.00 bits per heavy atom. The topological polar surface area (TPSA) is 56.9 Å². The van der Waals surface area contributed by atoms with Gasteiger partial charge in [-0.2, -0.15) is 0 Å². The predicted molar refractivity (Wildman–Crippen MR) is 111 cm³/mol. The smallest absolute Gasteiger partial charge is 0.296 e. The number of nitrogens with zero attached hydrogens (tertiary/aromatic N) is 3. The highest BCUT2D eigenvalue weighted by atomic mass is 19.1. The summed E-state index contributed by atoms with van der Waals surface area (Å²) in [7, 11) is 1.47. The molecule has 2 aromatic carbocycles. The van der Waals surface area contributed by atoms with E-state index in [2.05, 4.69) is 4.98 Å². The van der Waals surface area contributed by atoms with Crippen molar-refractivity contribution in [3.8, 4) is 5.69 Å². The third-order valence-electron chi connectivity index (χ3n) is 5.43. The van der Waals surface area contributed by atoms with Crippen LogP contribution >= 0.6 is 0 Å². The van der Waals surface area contributed by atoms with E-state index in [4.69, 9.17) is 0 Å². The van der Waals surface area contributed by atoms with Crippen LogP contribution < -0.4 is 11.2 Å². The minimum atomic E-state index is -0.980. The Balaban J connectivity index is 1.96. The molecule has 0 N–H and O–H groups in total. The van der Waals surface area contributed by atoms with Crippen molar-refractivity contribution in [2.24, 2.45) is 7.05 Å². The third-order valence-corrected chi connectivity index (χ3v) is 5.43. The van der Waals surface area contributed by atoms with Gasteiger partial charge in [0.2, 0.25) is 0 Å². The second kappa shape index (κ2) is 7.33. The van der Waals surface area contributed by atoms with E-state index in [1.165, 1.54) is 17.7 Å². The molecule has 0 radical (unpaired) electrons. The summed E-state index contributed by atoms with van der Waals surface area (Å²) in [6, 6.07) is 10.8. The summed E-state index contributed by atoms with van der Waals surface area (Å²) >= 11 is 0. The Kier molecular flexibility index (Phi) is 4.81. The average molecular weight is 407 g/mol. The maximum atomic E-state index is 15.1. The van der Waals surface area contributed by atoms with Crippen LogP contribution in [-0.2, 0) is 7.05 Å². The van der Waals surface area contributed by atoms with Crippen LogP contribution in [0.5, 0.6) is 0 Å². The first-order chi connectivity index (χ1) is 14.3. The van der Waals surface area contributed by atoms with Crippen LogP contribution in [0.15, 0.2) is 64.4 Å². The van der Waals surface area contributed by atoms with Crippen molar-refractivity contribution in [3.05, 3.63) is 104 Å². The number of fused-ring (bicyclic) bond motifs is 1. The lowest BCUT2D eigenvalue weighted by Gasteiger charge is -2.16. The van der Waals surface area contributed by atoms with Gasteiger partial charge in [0, 0.05) is 25.4 Å². The van der Waals surface area contributed by atoms with Gasteiger partial charge in [0.25, 0.3) is 5.56 Å². The number of aryl methyl sites for hydroxylation is 2. The highest BCUT2D eigenvalue weighted by Crippen LogP contribution is 2.28. The molecule has 4 rings (SSSR count). The van der Waals surface area contributed by atoms with Crippen LogP contribution in [0, 0.1) is 18.6 Å². The molecule has 2 aromatic heterocycles. The number of halogens is 2. The Morgan fingerprint density at radius 2 is 1.70 bits per heavy atom. The number of rotatable bonds is 3. The average Bonchev–Trinajstić information content (AvgIpc) is 2.73. The maximum Gasteiger partial charge on any atom is 0.336 e. The van der Waals surface area contributed by atoms with Crippen molar-refractivity contribution in [1.29, 1.82) is 0 Å². The first kappa shape index (κ1) is 19.7. The van der Waals surface area contributed by atoms with Gasteiger partial charge in [-0.1, -0.05) is 25.1 Å². The van der Waals surface area contributed by atoms with Gasteiger partial charge in [-0.15, -0.1) is 0 Å². The molecular weight excluding hydrogens is 388 g/mol. The van der Waals surface area contributed by atoms with Crippen molar-refractivity contribution < 1.29 is 8.78 Å². The number of hydrogen-bond acceptors (Lipinski definition) is 3. The van der Waals surface area contributed by atoms with Crippen molar-refractivity contribution in [2.45, 2.75) is 19.8 Å². The zero-order chi connectivity index (χ0) is 21.6. The van der Waals surface area contributed by atoms with E-state index in [9.17, 15) is 9.59 Å². The Morgan fingerprint density at radius 3 is 2.33 bits per heavy atom. The van der Waals surface area contributed by atoms with Gasteiger partial charge >= 0.3 is 5.69 Å². The van der Waals surface area contributed by atoms with Gasteiger partial charge < -0.3 is 0 Å². The molecule has 1 atom stereocenters. The van der Waals surface area contributed by atoms with E-state index >= 15 is 8.78 Å². The van der Waals surface area contributed by atoms with Crippen LogP contribution in [0.4, 0.5) is 8.78 Å². The van der Waals surface area contributed by atoms with Gasteiger partial charge in [-0.3, -0.25) is 14.3 Å². The molecule has 152 valence electrons. The summed E-state index contributed by atoms with van der Waals surface area (Å²) < 4.78 is 32.0. The molecule has 1 unspecified atom stereocenters. The molecule has 0 aliphatic rings. The SMILES string of the molecule is Cc1cccc2c(=O)n(-c3c(F)cc(C(C)c4cccnc4)cc3F)c(=O)n(C)c12. The largest absolute Gasteiger partial charge is 0.336 e. The van der Waals surface area contributed by atoms with Crippen LogP contribution in [-0.4, -0.2) is 14.1 Å². The fraction of sp³-hybridized carbons (Fsp3) is 0.174. The van der Waals surface area contributed by atoms with Crippen LogP contribution in [0.3, 0.4) is 0 Å². The second-order valence-corrected chi connectivity index (χ2v) is 7.29. The Bertz CT molecular complexity index is 1370. The molecule has 4 aromatic rings. The first-order valence-corrected chi connectivity index (χ1v) is 9.42. The molecule has 0 aliphatic heterocycles. The summed E-state index contributed by atoms with van der Waals surface area (Å²) in [6.07, 6.45) is 3.24. The lowest BCUT2D eigenvalue weighted by molar-refractivity contribution is 0.555. The lowest BCUT2D eigenvalue weighted by atomic mass is 9.94. The molecule has 2 heterocycles. The minimum absolute atomic E-state index is 0.212. The fourth-order valence-corrected chi connectivity index (χ4v) is 3.80. The van der Waals surface area contributed by atoms with Crippen LogP contribution in [0.25, 0.3) is 16.6 Å². The molecule has 0 amide bonds.